The van der Waals surface area contributed by atoms with Crippen LogP contribution in [0.1, 0.15) is 11.5 Å². The van der Waals surface area contributed by atoms with Crippen LogP contribution >= 0.6 is 0 Å². The zero-order valence-corrected chi connectivity index (χ0v) is 10.6. The summed E-state index contributed by atoms with van der Waals surface area (Å²) < 4.78 is 43.0. The van der Waals surface area contributed by atoms with E-state index in [4.69, 9.17) is 10.9 Å². The molecule has 21 heavy (non-hydrogen) atoms. The Hall–Kier alpha value is -2.53. The van der Waals surface area contributed by atoms with Gasteiger partial charge in [0.1, 0.15) is 5.75 Å². The molecule has 0 aliphatic heterocycles. The molecule has 0 saturated heterocycles. The molecule has 0 unspecified atom stereocenters. The second-order valence-electron chi connectivity index (χ2n) is 4.05. The van der Waals surface area contributed by atoms with Gasteiger partial charge in [0.2, 0.25) is 11.7 Å². The molecule has 0 aliphatic rings. The van der Waals surface area contributed by atoms with Gasteiger partial charge >= 0.3 is 6.18 Å². The Balaban J connectivity index is 2.25. The summed E-state index contributed by atoms with van der Waals surface area (Å²) in [6, 6.07) is 2.97. The van der Waals surface area contributed by atoms with Crippen LogP contribution in [0.15, 0.2) is 22.7 Å². The molecule has 0 radical (unpaired) electrons. The van der Waals surface area contributed by atoms with Crippen LogP contribution in [0, 0.1) is 12.3 Å². The Kier molecular flexibility index (Phi) is 4.14. The van der Waals surface area contributed by atoms with Crippen molar-refractivity contribution >= 4 is 0 Å². The predicted molar refractivity (Wildman–Crippen MR) is 66.9 cm³/mol. The number of phenols is 1. The number of nitrogens with zero attached hydrogens (tertiary/aromatic N) is 2. The first kappa shape index (κ1) is 14.9. The van der Waals surface area contributed by atoms with E-state index in [-0.39, 0.29) is 23.8 Å². The van der Waals surface area contributed by atoms with Gasteiger partial charge in [-0.1, -0.05) is 11.1 Å². The van der Waals surface area contributed by atoms with Gasteiger partial charge in [-0.2, -0.15) is 18.2 Å². The minimum atomic E-state index is -4.67. The molecule has 0 spiro atoms. The molecule has 0 bridgehead atoms. The average Bonchev–Trinajstić information content (AvgIpc) is 2.87. The molecule has 2 aromatic rings. The smallest absolute Gasteiger partial charge is 0.419 e. The topological polar surface area (TPSA) is 71.2 Å². The predicted octanol–water partition coefficient (Wildman–Crippen LogP) is 2.18. The molecule has 0 saturated carbocycles. The number of benzene rings is 1. The molecule has 1 aromatic heterocycles. The molecular weight excluding hydrogens is 287 g/mol. The fourth-order valence-electron chi connectivity index (χ4n) is 1.59. The van der Waals surface area contributed by atoms with Gasteiger partial charge in [0, 0.05) is 5.56 Å². The van der Waals surface area contributed by atoms with Crippen LogP contribution in [-0.4, -0.2) is 21.8 Å². The van der Waals surface area contributed by atoms with Gasteiger partial charge < -0.3 is 9.63 Å². The van der Waals surface area contributed by atoms with Crippen LogP contribution in [0.25, 0.3) is 11.4 Å². The van der Waals surface area contributed by atoms with Crippen molar-refractivity contribution in [3.05, 3.63) is 29.7 Å². The summed E-state index contributed by atoms with van der Waals surface area (Å²) in [5.74, 6) is 1.69. The Bertz CT molecular complexity index is 674. The normalized spacial score (nSPS) is 11.3. The molecule has 0 atom stereocenters. The fraction of sp³-hybridized carbons (Fsp3) is 0.231. The lowest BCUT2D eigenvalue weighted by Crippen LogP contribution is -2.13. The van der Waals surface area contributed by atoms with Crippen molar-refractivity contribution in [2.75, 3.05) is 6.54 Å². The van der Waals surface area contributed by atoms with Crippen molar-refractivity contribution < 1.29 is 22.8 Å². The molecule has 5 nitrogen and oxygen atoms in total. The number of alkyl halides is 3. The Morgan fingerprint density at radius 3 is 2.81 bits per heavy atom. The monoisotopic (exact) mass is 297 g/mol. The third-order valence-electron chi connectivity index (χ3n) is 2.53. The largest absolute Gasteiger partial charge is 0.507 e. The van der Waals surface area contributed by atoms with Gasteiger partial charge in [-0.3, -0.25) is 5.32 Å². The average molecular weight is 297 g/mol. The van der Waals surface area contributed by atoms with E-state index >= 15 is 0 Å². The van der Waals surface area contributed by atoms with Crippen LogP contribution in [0.4, 0.5) is 13.2 Å². The summed E-state index contributed by atoms with van der Waals surface area (Å²) in [4.78, 5) is 3.95. The lowest BCUT2D eigenvalue weighted by atomic mass is 10.1. The minimum Gasteiger partial charge on any atom is -0.507 e. The lowest BCUT2D eigenvalue weighted by molar-refractivity contribution is -0.138. The molecule has 2 rings (SSSR count). The first-order valence-electron chi connectivity index (χ1n) is 5.79. The minimum absolute atomic E-state index is 0.00184. The Labute approximate surface area is 117 Å². The SMILES string of the molecule is C#CCNCc1nc(-c2ccc(O)c(C(F)(F)F)c2)no1. The van der Waals surface area contributed by atoms with Crippen molar-refractivity contribution in [1.29, 1.82) is 0 Å². The highest BCUT2D eigenvalue weighted by atomic mass is 19.4. The first-order valence-corrected chi connectivity index (χ1v) is 5.79. The molecule has 2 N–H and O–H groups in total. The summed E-state index contributed by atoms with van der Waals surface area (Å²) in [6.07, 6.45) is 0.385. The van der Waals surface area contributed by atoms with Crippen LogP contribution < -0.4 is 5.32 Å². The number of hydrogen-bond donors (Lipinski definition) is 2. The zero-order chi connectivity index (χ0) is 15.5. The van der Waals surface area contributed by atoms with Gasteiger partial charge in [-0.05, 0) is 18.2 Å². The maximum absolute atomic E-state index is 12.7. The van der Waals surface area contributed by atoms with E-state index < -0.39 is 17.5 Å². The van der Waals surface area contributed by atoms with E-state index in [1.54, 1.807) is 0 Å². The number of terminal acetylenes is 1. The Morgan fingerprint density at radius 2 is 2.14 bits per heavy atom. The van der Waals surface area contributed by atoms with Crippen molar-refractivity contribution in [3.8, 4) is 29.5 Å². The highest BCUT2D eigenvalue weighted by molar-refractivity contribution is 5.58. The molecule has 1 aromatic carbocycles. The van der Waals surface area contributed by atoms with E-state index in [0.717, 1.165) is 12.1 Å². The molecule has 110 valence electrons. The number of halogens is 3. The number of hydrogen-bond acceptors (Lipinski definition) is 5. The number of aromatic hydroxyl groups is 1. The maximum Gasteiger partial charge on any atom is 0.419 e. The second kappa shape index (κ2) is 5.85. The summed E-state index contributed by atoms with van der Waals surface area (Å²) >= 11 is 0. The second-order valence-corrected chi connectivity index (χ2v) is 4.05. The van der Waals surface area contributed by atoms with E-state index in [0.29, 0.717) is 6.54 Å². The number of nitrogens with one attached hydrogen (secondary N) is 1. The van der Waals surface area contributed by atoms with E-state index in [1.165, 1.54) is 6.07 Å². The van der Waals surface area contributed by atoms with Crippen LogP contribution in [-0.2, 0) is 12.7 Å². The number of rotatable bonds is 4. The summed E-state index contributed by atoms with van der Waals surface area (Å²) in [6.45, 7) is 0.510. The zero-order valence-electron chi connectivity index (χ0n) is 10.6. The lowest BCUT2D eigenvalue weighted by Gasteiger charge is -2.09. The van der Waals surface area contributed by atoms with Gasteiger partial charge in [0.25, 0.3) is 0 Å². The van der Waals surface area contributed by atoms with Crippen molar-refractivity contribution in [2.24, 2.45) is 0 Å². The van der Waals surface area contributed by atoms with Crippen LogP contribution in [0.3, 0.4) is 0 Å². The summed E-state index contributed by atoms with van der Waals surface area (Å²) in [5.41, 5.74) is -1.07. The maximum atomic E-state index is 12.7. The van der Waals surface area contributed by atoms with Gasteiger partial charge in [0.15, 0.2) is 0 Å². The third kappa shape index (κ3) is 3.52. The molecule has 0 aliphatic carbocycles. The highest BCUT2D eigenvalue weighted by Crippen LogP contribution is 2.37. The molecule has 0 fully saturated rings. The quantitative estimate of drug-likeness (QED) is 0.668. The fourth-order valence-corrected chi connectivity index (χ4v) is 1.59. The number of phenolic OH excluding ortho intramolecular Hbond substituents is 1. The van der Waals surface area contributed by atoms with Crippen molar-refractivity contribution in [1.82, 2.24) is 15.5 Å². The van der Waals surface area contributed by atoms with E-state index in [2.05, 4.69) is 21.4 Å². The summed E-state index contributed by atoms with van der Waals surface area (Å²) in [7, 11) is 0. The molecule has 0 amide bonds. The van der Waals surface area contributed by atoms with Gasteiger partial charge in [0.05, 0.1) is 18.7 Å². The van der Waals surface area contributed by atoms with E-state index in [1.807, 2.05) is 0 Å². The highest BCUT2D eigenvalue weighted by Gasteiger charge is 2.34. The summed E-state index contributed by atoms with van der Waals surface area (Å²) in [5, 5.41) is 15.7. The van der Waals surface area contributed by atoms with Crippen LogP contribution in [0.5, 0.6) is 5.75 Å². The van der Waals surface area contributed by atoms with Crippen molar-refractivity contribution in [2.45, 2.75) is 12.7 Å². The standard InChI is InChI=1S/C13H10F3N3O2/c1-2-5-17-7-11-18-12(19-21-11)8-3-4-10(20)9(6-8)13(14,15)16/h1,3-4,6,17,20H,5,7H2. The molecule has 1 heterocycles. The van der Waals surface area contributed by atoms with Crippen molar-refractivity contribution in [3.63, 3.8) is 0 Å². The molecular formula is C13H10F3N3O2. The third-order valence-corrected chi connectivity index (χ3v) is 2.53. The van der Waals surface area contributed by atoms with E-state index in [9.17, 15) is 18.3 Å². The first-order chi connectivity index (χ1) is 9.91. The molecule has 8 heteroatoms. The number of aromatic nitrogens is 2. The van der Waals surface area contributed by atoms with Gasteiger partial charge in [-0.25, -0.2) is 0 Å². The van der Waals surface area contributed by atoms with Gasteiger partial charge in [-0.15, -0.1) is 6.42 Å². The Morgan fingerprint density at radius 1 is 1.38 bits per heavy atom. The van der Waals surface area contributed by atoms with Crippen LogP contribution in [0.2, 0.25) is 0 Å².